The van der Waals surface area contributed by atoms with Gasteiger partial charge in [-0.1, -0.05) is 32.1 Å². The van der Waals surface area contributed by atoms with Crippen LogP contribution in [-0.4, -0.2) is 47.9 Å². The first-order valence-electron chi connectivity index (χ1n) is 12.2. The van der Waals surface area contributed by atoms with Gasteiger partial charge >= 0.3 is 0 Å². The molecule has 1 saturated heterocycles. The Morgan fingerprint density at radius 1 is 1.26 bits per heavy atom. The molecule has 7 heteroatoms. The molecule has 1 saturated carbocycles. The fourth-order valence-electron chi connectivity index (χ4n) is 4.72. The van der Waals surface area contributed by atoms with Crippen LogP contribution >= 0.6 is 0 Å². The molecule has 4 rings (SSSR count). The summed E-state index contributed by atoms with van der Waals surface area (Å²) in [5, 5.41) is 15.8. The number of pyridine rings is 1. The van der Waals surface area contributed by atoms with Crippen molar-refractivity contribution >= 4 is 18.1 Å². The Kier molecular flexibility index (Phi) is 7.29. The Balaban J connectivity index is 1.70. The molecule has 1 aliphatic heterocycles. The summed E-state index contributed by atoms with van der Waals surface area (Å²) in [6.07, 6.45) is 6.24. The minimum Gasteiger partial charge on any atom is -0.428 e. The van der Waals surface area contributed by atoms with Gasteiger partial charge in [0.2, 0.25) is 5.90 Å². The zero-order valence-electron chi connectivity index (χ0n) is 20.1. The molecular formula is C27H34FN5O. The fraction of sp³-hybridized carbons (Fsp3) is 0.444. The lowest BCUT2D eigenvalue weighted by atomic mass is 9.98. The summed E-state index contributed by atoms with van der Waals surface area (Å²) in [4.78, 5) is 9.73. The van der Waals surface area contributed by atoms with E-state index in [9.17, 15) is 4.39 Å². The van der Waals surface area contributed by atoms with Crippen molar-refractivity contribution in [3.63, 3.8) is 0 Å². The molecule has 0 bridgehead atoms. The SMILES string of the molecule is C=C(CCCC)N1CCN(c2nc(C3CC3)c(-c3ccc(F)cc3)cc2C(=N)OC=N)CC1C. The molecule has 6 nitrogen and oxygen atoms in total. The molecular weight excluding hydrogens is 429 g/mol. The molecule has 0 amide bonds. The molecule has 2 aliphatic rings. The number of unbranched alkanes of at least 4 members (excludes halogenated alkanes) is 1. The number of halogens is 1. The van der Waals surface area contributed by atoms with Gasteiger partial charge in [0.25, 0.3) is 0 Å². The minimum atomic E-state index is -0.284. The van der Waals surface area contributed by atoms with E-state index in [1.165, 1.54) is 17.8 Å². The van der Waals surface area contributed by atoms with Crippen LogP contribution in [0.3, 0.4) is 0 Å². The van der Waals surface area contributed by atoms with Gasteiger partial charge < -0.3 is 14.5 Å². The number of allylic oxidation sites excluding steroid dienone is 1. The minimum absolute atomic E-state index is 0.106. The van der Waals surface area contributed by atoms with Crippen molar-refractivity contribution in [1.82, 2.24) is 9.88 Å². The molecule has 1 unspecified atom stereocenters. The van der Waals surface area contributed by atoms with E-state index in [4.69, 9.17) is 20.5 Å². The van der Waals surface area contributed by atoms with E-state index >= 15 is 0 Å². The smallest absolute Gasteiger partial charge is 0.224 e. The molecule has 2 N–H and O–H groups in total. The van der Waals surface area contributed by atoms with Crippen LogP contribution in [0.25, 0.3) is 11.1 Å². The van der Waals surface area contributed by atoms with E-state index in [-0.39, 0.29) is 17.8 Å². The highest BCUT2D eigenvalue weighted by atomic mass is 19.1. The molecule has 0 spiro atoms. The first-order valence-corrected chi connectivity index (χ1v) is 12.2. The summed E-state index contributed by atoms with van der Waals surface area (Å²) in [7, 11) is 0. The largest absolute Gasteiger partial charge is 0.428 e. The van der Waals surface area contributed by atoms with Crippen LogP contribution in [0, 0.1) is 16.6 Å². The Morgan fingerprint density at radius 2 is 2.00 bits per heavy atom. The zero-order valence-corrected chi connectivity index (χ0v) is 20.1. The molecule has 1 aliphatic carbocycles. The second-order valence-corrected chi connectivity index (χ2v) is 9.30. The summed E-state index contributed by atoms with van der Waals surface area (Å²) in [5.41, 5.74) is 4.51. The number of piperazine rings is 1. The highest BCUT2D eigenvalue weighted by molar-refractivity contribution is 6.01. The van der Waals surface area contributed by atoms with E-state index in [1.54, 1.807) is 12.1 Å². The molecule has 0 radical (unpaired) electrons. The first kappa shape index (κ1) is 23.9. The van der Waals surface area contributed by atoms with E-state index < -0.39 is 0 Å². The lowest BCUT2D eigenvalue weighted by Crippen LogP contribution is -2.51. The van der Waals surface area contributed by atoms with E-state index in [2.05, 4.69) is 30.2 Å². The number of anilines is 1. The van der Waals surface area contributed by atoms with Gasteiger partial charge in [-0.3, -0.25) is 10.8 Å². The van der Waals surface area contributed by atoms with E-state index in [0.717, 1.165) is 80.8 Å². The van der Waals surface area contributed by atoms with Gasteiger partial charge in [0.05, 0.1) is 11.3 Å². The standard InChI is InChI=1S/C27H34FN5O/c1-4-5-6-18(2)33-14-13-32(16-19(33)3)27-24(26(30)34-17-29)15-23(25(31-27)21-7-8-21)20-9-11-22(28)12-10-20/h9-12,15,17,19,21,29-30H,2,4-8,13-14,16H2,1,3H3. The maximum Gasteiger partial charge on any atom is 0.224 e. The van der Waals surface area contributed by atoms with E-state index in [1.807, 2.05) is 6.07 Å². The van der Waals surface area contributed by atoms with Crippen molar-refractivity contribution in [2.75, 3.05) is 24.5 Å². The topological polar surface area (TPSA) is 76.3 Å². The highest BCUT2D eigenvalue weighted by Crippen LogP contribution is 2.45. The van der Waals surface area contributed by atoms with Crippen molar-refractivity contribution in [2.24, 2.45) is 0 Å². The van der Waals surface area contributed by atoms with Crippen LogP contribution in [0.15, 0.2) is 42.6 Å². The number of benzene rings is 1. The number of nitrogens with one attached hydrogen (secondary N) is 2. The third kappa shape index (κ3) is 5.13. The Labute approximate surface area is 201 Å². The van der Waals surface area contributed by atoms with Crippen molar-refractivity contribution in [3.05, 3.63) is 59.7 Å². The maximum atomic E-state index is 13.6. The van der Waals surface area contributed by atoms with Crippen LogP contribution in [0.2, 0.25) is 0 Å². The maximum absolute atomic E-state index is 13.6. The third-order valence-corrected chi connectivity index (χ3v) is 6.72. The second-order valence-electron chi connectivity index (χ2n) is 9.30. The van der Waals surface area contributed by atoms with Gasteiger partial charge in [-0.25, -0.2) is 9.37 Å². The predicted octanol–water partition coefficient (Wildman–Crippen LogP) is 5.93. The van der Waals surface area contributed by atoms with Crippen molar-refractivity contribution < 1.29 is 9.13 Å². The molecule has 1 aromatic carbocycles. The Hall–Kier alpha value is -3.22. The Bertz CT molecular complexity index is 1060. The van der Waals surface area contributed by atoms with Gasteiger partial charge in [0.1, 0.15) is 11.6 Å². The number of ether oxygens (including phenoxy) is 1. The molecule has 1 aromatic heterocycles. The highest BCUT2D eigenvalue weighted by Gasteiger charge is 2.33. The van der Waals surface area contributed by atoms with E-state index in [0.29, 0.717) is 11.5 Å². The van der Waals surface area contributed by atoms with Crippen LogP contribution in [-0.2, 0) is 4.74 Å². The van der Waals surface area contributed by atoms with Crippen molar-refractivity contribution in [3.8, 4) is 11.1 Å². The molecule has 2 heterocycles. The summed E-state index contributed by atoms with van der Waals surface area (Å²) in [5.74, 6) is 0.711. The van der Waals surface area contributed by atoms with Crippen molar-refractivity contribution in [2.45, 2.75) is 57.9 Å². The first-order chi connectivity index (χ1) is 16.4. The number of hydrogen-bond donors (Lipinski definition) is 2. The number of hydrogen-bond acceptors (Lipinski definition) is 6. The van der Waals surface area contributed by atoms with Crippen LogP contribution in [0.4, 0.5) is 10.2 Å². The van der Waals surface area contributed by atoms with Gasteiger partial charge in [0, 0.05) is 42.9 Å². The van der Waals surface area contributed by atoms with Crippen LogP contribution in [0.1, 0.15) is 63.1 Å². The Morgan fingerprint density at radius 3 is 2.62 bits per heavy atom. The molecule has 1 atom stereocenters. The van der Waals surface area contributed by atoms with Gasteiger partial charge in [-0.2, -0.15) is 0 Å². The van der Waals surface area contributed by atoms with Crippen LogP contribution < -0.4 is 4.90 Å². The second kappa shape index (κ2) is 10.4. The van der Waals surface area contributed by atoms with Gasteiger partial charge in [0.15, 0.2) is 6.40 Å². The van der Waals surface area contributed by atoms with Gasteiger partial charge in [-0.15, -0.1) is 0 Å². The number of aromatic nitrogens is 1. The molecule has 2 fully saturated rings. The number of nitrogens with zero attached hydrogens (tertiary/aromatic N) is 3. The third-order valence-electron chi connectivity index (χ3n) is 6.72. The van der Waals surface area contributed by atoms with Crippen molar-refractivity contribution in [1.29, 1.82) is 10.8 Å². The van der Waals surface area contributed by atoms with Gasteiger partial charge in [-0.05, 0) is 56.4 Å². The summed E-state index contributed by atoms with van der Waals surface area (Å²) in [6, 6.07) is 8.62. The lowest BCUT2D eigenvalue weighted by molar-refractivity contribution is 0.234. The average molecular weight is 464 g/mol. The molecule has 34 heavy (non-hydrogen) atoms. The molecule has 2 aromatic rings. The summed E-state index contributed by atoms with van der Waals surface area (Å²) >= 11 is 0. The zero-order chi connectivity index (χ0) is 24.2. The quantitative estimate of drug-likeness (QED) is 0.357. The normalized spacial score (nSPS) is 18.0. The van der Waals surface area contributed by atoms with Crippen LogP contribution in [0.5, 0.6) is 0 Å². The fourth-order valence-corrected chi connectivity index (χ4v) is 4.72. The number of rotatable bonds is 9. The molecule has 180 valence electrons. The average Bonchev–Trinajstić information content (AvgIpc) is 3.68. The lowest BCUT2D eigenvalue weighted by Gasteiger charge is -2.43. The summed E-state index contributed by atoms with van der Waals surface area (Å²) in [6.45, 7) is 11.1. The summed E-state index contributed by atoms with van der Waals surface area (Å²) < 4.78 is 18.8. The predicted molar refractivity (Wildman–Crippen MR) is 135 cm³/mol. The monoisotopic (exact) mass is 463 g/mol.